The number of carbonyl (C=O) groups is 1. The van der Waals surface area contributed by atoms with Gasteiger partial charge in [0.2, 0.25) is 5.91 Å². The summed E-state index contributed by atoms with van der Waals surface area (Å²) in [6, 6.07) is 8.16. The number of hydrogen-bond acceptors (Lipinski definition) is 2. The standard InChI is InChI=1S/C14H18N2OS/c1-11-5-6-12(2)16(11)8-7-15-14(17)10-13-4-3-9-18-13/h3-6,9H,7-8,10H2,1-2H3,(H,15,17). The van der Waals surface area contributed by atoms with E-state index in [0.29, 0.717) is 13.0 Å². The number of nitrogens with zero attached hydrogens (tertiary/aromatic N) is 1. The molecule has 0 spiro atoms. The zero-order valence-corrected chi connectivity index (χ0v) is 11.6. The number of nitrogens with one attached hydrogen (secondary N) is 1. The van der Waals surface area contributed by atoms with Crippen LogP contribution in [0.4, 0.5) is 0 Å². The average molecular weight is 262 g/mol. The molecule has 0 aliphatic heterocycles. The molecule has 0 aromatic carbocycles. The quantitative estimate of drug-likeness (QED) is 0.882. The van der Waals surface area contributed by atoms with Gasteiger partial charge in [0, 0.05) is 29.4 Å². The molecule has 2 aromatic heterocycles. The minimum Gasteiger partial charge on any atom is -0.354 e. The first-order chi connectivity index (χ1) is 8.66. The van der Waals surface area contributed by atoms with Gasteiger partial charge in [-0.15, -0.1) is 11.3 Å². The molecule has 2 rings (SSSR count). The Morgan fingerprint density at radius 3 is 2.61 bits per heavy atom. The molecule has 2 heterocycles. The summed E-state index contributed by atoms with van der Waals surface area (Å²) in [6.07, 6.45) is 0.487. The summed E-state index contributed by atoms with van der Waals surface area (Å²) in [6.45, 7) is 5.68. The summed E-state index contributed by atoms with van der Waals surface area (Å²) in [5.74, 6) is 0.0971. The smallest absolute Gasteiger partial charge is 0.225 e. The Morgan fingerprint density at radius 2 is 2.00 bits per heavy atom. The predicted octanol–water partition coefficient (Wildman–Crippen LogP) is 2.53. The van der Waals surface area contributed by atoms with Crippen molar-refractivity contribution in [1.29, 1.82) is 0 Å². The second-order valence-electron chi connectivity index (χ2n) is 4.37. The number of aromatic nitrogens is 1. The van der Waals surface area contributed by atoms with Gasteiger partial charge in [0.05, 0.1) is 6.42 Å². The highest BCUT2D eigenvalue weighted by molar-refractivity contribution is 7.10. The molecule has 2 aromatic rings. The molecule has 0 aliphatic carbocycles. The van der Waals surface area contributed by atoms with Crippen molar-refractivity contribution in [3.63, 3.8) is 0 Å². The van der Waals surface area contributed by atoms with Crippen molar-refractivity contribution in [2.24, 2.45) is 0 Å². The van der Waals surface area contributed by atoms with E-state index in [4.69, 9.17) is 0 Å². The Balaban J connectivity index is 1.77. The van der Waals surface area contributed by atoms with E-state index < -0.39 is 0 Å². The minimum absolute atomic E-state index is 0.0971. The number of amides is 1. The van der Waals surface area contributed by atoms with Crippen LogP contribution in [0.15, 0.2) is 29.6 Å². The summed E-state index contributed by atoms with van der Waals surface area (Å²) < 4.78 is 2.21. The lowest BCUT2D eigenvalue weighted by atomic mass is 10.3. The van der Waals surface area contributed by atoms with Crippen LogP contribution in [0.3, 0.4) is 0 Å². The lowest BCUT2D eigenvalue weighted by Crippen LogP contribution is -2.28. The molecule has 1 amide bonds. The Labute approximate surface area is 111 Å². The maximum Gasteiger partial charge on any atom is 0.225 e. The Bertz CT molecular complexity index is 494. The van der Waals surface area contributed by atoms with E-state index in [0.717, 1.165) is 11.4 Å². The Hall–Kier alpha value is -1.55. The molecule has 0 fully saturated rings. The zero-order valence-electron chi connectivity index (χ0n) is 10.8. The molecule has 0 aliphatic rings. The minimum atomic E-state index is 0.0971. The van der Waals surface area contributed by atoms with Crippen LogP contribution in [-0.2, 0) is 17.8 Å². The second kappa shape index (κ2) is 5.87. The van der Waals surface area contributed by atoms with E-state index in [2.05, 4.69) is 35.9 Å². The molecule has 4 heteroatoms. The van der Waals surface area contributed by atoms with Crippen molar-refractivity contribution >= 4 is 17.2 Å². The summed E-state index contributed by atoms with van der Waals surface area (Å²) in [5.41, 5.74) is 2.47. The van der Waals surface area contributed by atoms with Crippen LogP contribution in [-0.4, -0.2) is 17.0 Å². The van der Waals surface area contributed by atoms with Crippen LogP contribution >= 0.6 is 11.3 Å². The van der Waals surface area contributed by atoms with E-state index >= 15 is 0 Å². The van der Waals surface area contributed by atoms with Gasteiger partial charge in [-0.1, -0.05) is 6.07 Å². The molecular formula is C14H18N2OS. The highest BCUT2D eigenvalue weighted by Gasteiger charge is 2.04. The number of aryl methyl sites for hydroxylation is 2. The fourth-order valence-corrected chi connectivity index (χ4v) is 2.70. The first-order valence-corrected chi connectivity index (χ1v) is 6.96. The number of carbonyl (C=O) groups excluding carboxylic acids is 1. The van der Waals surface area contributed by atoms with Gasteiger partial charge >= 0.3 is 0 Å². The van der Waals surface area contributed by atoms with Gasteiger partial charge < -0.3 is 9.88 Å². The SMILES string of the molecule is Cc1ccc(C)n1CCNC(=O)Cc1cccs1. The molecule has 1 N–H and O–H groups in total. The summed E-state index contributed by atoms with van der Waals surface area (Å²) in [7, 11) is 0. The van der Waals surface area contributed by atoms with Gasteiger partial charge in [-0.05, 0) is 37.4 Å². The molecule has 0 atom stereocenters. The van der Waals surface area contributed by atoms with Crippen molar-refractivity contribution < 1.29 is 4.79 Å². The Kier molecular flexibility index (Phi) is 4.20. The number of hydrogen-bond donors (Lipinski definition) is 1. The third-order valence-corrected chi connectivity index (χ3v) is 3.87. The van der Waals surface area contributed by atoms with E-state index in [-0.39, 0.29) is 5.91 Å². The van der Waals surface area contributed by atoms with Gasteiger partial charge in [-0.2, -0.15) is 0 Å². The lowest BCUT2D eigenvalue weighted by molar-refractivity contribution is -0.120. The van der Waals surface area contributed by atoms with Crippen LogP contribution in [0.1, 0.15) is 16.3 Å². The van der Waals surface area contributed by atoms with Gasteiger partial charge in [-0.25, -0.2) is 0 Å². The van der Waals surface area contributed by atoms with E-state index in [1.165, 1.54) is 11.4 Å². The average Bonchev–Trinajstić information content (AvgIpc) is 2.93. The predicted molar refractivity (Wildman–Crippen MR) is 74.9 cm³/mol. The van der Waals surface area contributed by atoms with Crippen molar-refractivity contribution in [2.45, 2.75) is 26.8 Å². The summed E-state index contributed by atoms with van der Waals surface area (Å²) >= 11 is 1.62. The normalized spacial score (nSPS) is 10.6. The van der Waals surface area contributed by atoms with E-state index in [9.17, 15) is 4.79 Å². The molecule has 0 unspecified atom stereocenters. The molecule has 0 radical (unpaired) electrons. The van der Waals surface area contributed by atoms with Gasteiger partial charge in [0.15, 0.2) is 0 Å². The highest BCUT2D eigenvalue weighted by Crippen LogP contribution is 2.09. The molecule has 18 heavy (non-hydrogen) atoms. The highest BCUT2D eigenvalue weighted by atomic mass is 32.1. The van der Waals surface area contributed by atoms with Gasteiger partial charge in [-0.3, -0.25) is 4.79 Å². The molecule has 0 saturated carbocycles. The molecule has 96 valence electrons. The number of thiophene rings is 1. The van der Waals surface area contributed by atoms with Crippen LogP contribution in [0.5, 0.6) is 0 Å². The Morgan fingerprint density at radius 1 is 1.28 bits per heavy atom. The van der Waals surface area contributed by atoms with Gasteiger partial charge in [0.25, 0.3) is 0 Å². The maximum absolute atomic E-state index is 11.7. The van der Waals surface area contributed by atoms with Crippen LogP contribution in [0, 0.1) is 13.8 Å². The largest absolute Gasteiger partial charge is 0.354 e. The summed E-state index contributed by atoms with van der Waals surface area (Å²) in [5, 5.41) is 4.96. The third kappa shape index (κ3) is 3.23. The second-order valence-corrected chi connectivity index (χ2v) is 5.41. The number of rotatable bonds is 5. The van der Waals surface area contributed by atoms with Crippen LogP contribution in [0.25, 0.3) is 0 Å². The maximum atomic E-state index is 11.7. The van der Waals surface area contributed by atoms with Gasteiger partial charge in [0.1, 0.15) is 0 Å². The van der Waals surface area contributed by atoms with E-state index in [1.807, 2.05) is 17.5 Å². The van der Waals surface area contributed by atoms with Crippen molar-refractivity contribution in [1.82, 2.24) is 9.88 Å². The summed E-state index contributed by atoms with van der Waals surface area (Å²) in [4.78, 5) is 12.8. The first kappa shape index (κ1) is 12.9. The molecule has 0 saturated heterocycles. The van der Waals surface area contributed by atoms with Crippen LogP contribution in [0.2, 0.25) is 0 Å². The molecule has 3 nitrogen and oxygen atoms in total. The van der Waals surface area contributed by atoms with Crippen molar-refractivity contribution in [2.75, 3.05) is 6.54 Å². The molecule has 0 bridgehead atoms. The zero-order chi connectivity index (χ0) is 13.0. The van der Waals surface area contributed by atoms with Crippen molar-refractivity contribution in [3.8, 4) is 0 Å². The monoisotopic (exact) mass is 262 g/mol. The topological polar surface area (TPSA) is 34.0 Å². The third-order valence-electron chi connectivity index (χ3n) is 2.99. The first-order valence-electron chi connectivity index (χ1n) is 6.08. The lowest BCUT2D eigenvalue weighted by Gasteiger charge is -2.10. The fourth-order valence-electron chi connectivity index (χ4n) is 1.99. The fraction of sp³-hybridized carbons (Fsp3) is 0.357. The van der Waals surface area contributed by atoms with Crippen molar-refractivity contribution in [3.05, 3.63) is 45.9 Å². The van der Waals surface area contributed by atoms with E-state index in [1.54, 1.807) is 11.3 Å². The van der Waals surface area contributed by atoms with Crippen LogP contribution < -0.4 is 5.32 Å². The molecular weight excluding hydrogens is 244 g/mol.